The van der Waals surface area contributed by atoms with E-state index in [0.29, 0.717) is 22.6 Å². The first-order valence-corrected chi connectivity index (χ1v) is 6.46. The molecule has 1 saturated carbocycles. The smallest absolute Gasteiger partial charge is 0.170 e. The Balaban J connectivity index is 1.85. The second-order valence-electron chi connectivity index (χ2n) is 4.26. The van der Waals surface area contributed by atoms with Gasteiger partial charge >= 0.3 is 0 Å². The van der Waals surface area contributed by atoms with Crippen LogP contribution >= 0.6 is 23.2 Å². The predicted octanol–water partition coefficient (Wildman–Crippen LogP) is 2.22. The van der Waals surface area contributed by atoms with E-state index in [-0.39, 0.29) is 0 Å². The first kappa shape index (κ1) is 11.9. The number of hydrogen-bond donors (Lipinski definition) is 1. The molecule has 1 aliphatic carbocycles. The summed E-state index contributed by atoms with van der Waals surface area (Å²) in [5.41, 5.74) is 0.807. The fourth-order valence-corrected chi connectivity index (χ4v) is 1.95. The number of aromatic nitrogens is 4. The number of halogens is 2. The Morgan fingerprint density at radius 1 is 1.28 bits per heavy atom. The molecule has 1 aliphatic rings. The van der Waals surface area contributed by atoms with Gasteiger partial charge in [0.05, 0.1) is 22.3 Å². The normalized spacial score (nSPS) is 15.0. The van der Waals surface area contributed by atoms with Crippen molar-refractivity contribution in [3.05, 3.63) is 34.1 Å². The summed E-state index contributed by atoms with van der Waals surface area (Å²) in [6.45, 7) is 0.651. The Labute approximate surface area is 114 Å². The quantitative estimate of drug-likeness (QED) is 0.935. The monoisotopic (exact) mass is 283 g/mol. The summed E-state index contributed by atoms with van der Waals surface area (Å²) in [5.74, 6) is 0.764. The number of nitrogens with one attached hydrogen (secondary N) is 1. The molecule has 5 nitrogen and oxygen atoms in total. The van der Waals surface area contributed by atoms with Crippen LogP contribution in [0.2, 0.25) is 10.0 Å². The van der Waals surface area contributed by atoms with Gasteiger partial charge in [0.15, 0.2) is 5.82 Å². The van der Waals surface area contributed by atoms with Gasteiger partial charge in [-0.05, 0) is 41.5 Å². The third-order valence-electron chi connectivity index (χ3n) is 2.81. The zero-order chi connectivity index (χ0) is 12.5. The van der Waals surface area contributed by atoms with Gasteiger partial charge in [-0.1, -0.05) is 23.2 Å². The summed E-state index contributed by atoms with van der Waals surface area (Å²) in [7, 11) is 0. The van der Waals surface area contributed by atoms with E-state index < -0.39 is 0 Å². The van der Waals surface area contributed by atoms with E-state index in [9.17, 15) is 0 Å². The van der Waals surface area contributed by atoms with Gasteiger partial charge in [-0.2, -0.15) is 4.68 Å². The zero-order valence-electron chi connectivity index (χ0n) is 9.48. The third kappa shape index (κ3) is 2.48. The van der Waals surface area contributed by atoms with E-state index in [0.717, 1.165) is 11.5 Å². The van der Waals surface area contributed by atoms with E-state index in [1.165, 1.54) is 12.8 Å². The van der Waals surface area contributed by atoms with E-state index in [1.54, 1.807) is 16.8 Å². The zero-order valence-corrected chi connectivity index (χ0v) is 11.0. The van der Waals surface area contributed by atoms with Gasteiger partial charge in [-0.3, -0.25) is 0 Å². The maximum atomic E-state index is 5.99. The van der Waals surface area contributed by atoms with Crippen molar-refractivity contribution in [2.75, 3.05) is 0 Å². The van der Waals surface area contributed by atoms with Crippen LogP contribution in [0.25, 0.3) is 5.69 Å². The largest absolute Gasteiger partial charge is 0.307 e. The fraction of sp³-hybridized carbons (Fsp3) is 0.364. The maximum absolute atomic E-state index is 5.99. The van der Waals surface area contributed by atoms with Crippen LogP contribution in [0.15, 0.2) is 18.2 Å². The van der Waals surface area contributed by atoms with Crippen LogP contribution in [0, 0.1) is 0 Å². The standard InChI is InChI=1S/C11H11Cl2N5/c12-9-4-3-8(5-10(9)13)18-11(15-16-17-18)6-14-7-1-2-7/h3-5,7,14H,1-2,6H2. The average molecular weight is 284 g/mol. The Morgan fingerprint density at radius 3 is 2.83 bits per heavy atom. The number of nitrogens with zero attached hydrogens (tertiary/aromatic N) is 4. The van der Waals surface area contributed by atoms with Gasteiger partial charge in [0.1, 0.15) is 0 Å². The highest BCUT2D eigenvalue weighted by Crippen LogP contribution is 2.24. The minimum atomic E-state index is 0.491. The number of benzene rings is 1. The summed E-state index contributed by atoms with van der Waals surface area (Å²) in [6.07, 6.45) is 2.46. The van der Waals surface area contributed by atoms with Crippen molar-refractivity contribution in [3.8, 4) is 5.69 Å². The Kier molecular flexibility index (Phi) is 3.20. The molecule has 18 heavy (non-hydrogen) atoms. The summed E-state index contributed by atoms with van der Waals surface area (Å²) >= 11 is 11.9. The molecule has 0 atom stereocenters. The molecule has 0 amide bonds. The molecular weight excluding hydrogens is 273 g/mol. The lowest BCUT2D eigenvalue weighted by molar-refractivity contribution is 0.638. The van der Waals surface area contributed by atoms with Crippen LogP contribution in [0.3, 0.4) is 0 Å². The van der Waals surface area contributed by atoms with Crippen LogP contribution < -0.4 is 5.32 Å². The van der Waals surface area contributed by atoms with Crippen LogP contribution in [0.4, 0.5) is 0 Å². The van der Waals surface area contributed by atoms with Crippen molar-refractivity contribution in [1.29, 1.82) is 0 Å². The van der Waals surface area contributed by atoms with Crippen molar-refractivity contribution in [2.24, 2.45) is 0 Å². The van der Waals surface area contributed by atoms with Gasteiger partial charge in [-0.25, -0.2) is 0 Å². The molecule has 1 N–H and O–H groups in total. The highest BCUT2D eigenvalue weighted by Gasteiger charge is 2.21. The number of rotatable bonds is 4. The van der Waals surface area contributed by atoms with Crippen LogP contribution in [0.1, 0.15) is 18.7 Å². The summed E-state index contributed by atoms with van der Waals surface area (Å²) in [6, 6.07) is 5.94. The molecule has 1 fully saturated rings. The Hall–Kier alpha value is -1.17. The lowest BCUT2D eigenvalue weighted by Crippen LogP contribution is -2.18. The van der Waals surface area contributed by atoms with E-state index in [4.69, 9.17) is 23.2 Å². The number of hydrogen-bond acceptors (Lipinski definition) is 4. The molecule has 0 bridgehead atoms. The molecule has 94 valence electrons. The predicted molar refractivity (Wildman–Crippen MR) is 69.0 cm³/mol. The molecule has 1 aromatic carbocycles. The maximum Gasteiger partial charge on any atom is 0.170 e. The summed E-state index contributed by atoms with van der Waals surface area (Å²) in [4.78, 5) is 0. The third-order valence-corrected chi connectivity index (χ3v) is 3.55. The molecule has 3 rings (SSSR count). The molecule has 0 saturated heterocycles. The lowest BCUT2D eigenvalue weighted by Gasteiger charge is -2.06. The Bertz CT molecular complexity index is 564. The van der Waals surface area contributed by atoms with Crippen molar-refractivity contribution in [1.82, 2.24) is 25.5 Å². The average Bonchev–Trinajstić information content (AvgIpc) is 3.08. The van der Waals surface area contributed by atoms with Crippen LogP contribution in [-0.2, 0) is 6.54 Å². The molecule has 0 spiro atoms. The molecule has 2 aromatic rings. The van der Waals surface area contributed by atoms with Crippen LogP contribution in [0.5, 0.6) is 0 Å². The van der Waals surface area contributed by atoms with E-state index in [1.807, 2.05) is 6.07 Å². The summed E-state index contributed by atoms with van der Waals surface area (Å²) < 4.78 is 1.66. The SMILES string of the molecule is Clc1ccc(-n2nnnc2CNC2CC2)cc1Cl. The highest BCUT2D eigenvalue weighted by atomic mass is 35.5. The van der Waals surface area contributed by atoms with Crippen molar-refractivity contribution < 1.29 is 0 Å². The molecule has 1 heterocycles. The van der Waals surface area contributed by atoms with E-state index in [2.05, 4.69) is 20.8 Å². The lowest BCUT2D eigenvalue weighted by atomic mass is 10.3. The summed E-state index contributed by atoms with van der Waals surface area (Å²) in [5, 5.41) is 16.1. The first-order valence-electron chi connectivity index (χ1n) is 5.70. The molecule has 7 heteroatoms. The Morgan fingerprint density at radius 2 is 2.11 bits per heavy atom. The van der Waals surface area contributed by atoms with E-state index >= 15 is 0 Å². The molecule has 0 aliphatic heterocycles. The molecular formula is C11H11Cl2N5. The van der Waals surface area contributed by atoms with Crippen molar-refractivity contribution in [3.63, 3.8) is 0 Å². The van der Waals surface area contributed by atoms with Gasteiger partial charge in [0.25, 0.3) is 0 Å². The van der Waals surface area contributed by atoms with Crippen molar-refractivity contribution >= 4 is 23.2 Å². The second kappa shape index (κ2) is 4.84. The number of tetrazole rings is 1. The molecule has 1 aromatic heterocycles. The van der Waals surface area contributed by atoms with Gasteiger partial charge in [0, 0.05) is 6.04 Å². The minimum absolute atomic E-state index is 0.491. The first-order chi connectivity index (χ1) is 8.74. The van der Waals surface area contributed by atoms with Crippen molar-refractivity contribution in [2.45, 2.75) is 25.4 Å². The topological polar surface area (TPSA) is 55.6 Å². The minimum Gasteiger partial charge on any atom is -0.307 e. The van der Waals surface area contributed by atoms with Crippen LogP contribution in [-0.4, -0.2) is 26.2 Å². The highest BCUT2D eigenvalue weighted by molar-refractivity contribution is 6.42. The van der Waals surface area contributed by atoms with Gasteiger partial charge in [0.2, 0.25) is 0 Å². The fourth-order valence-electron chi connectivity index (χ4n) is 1.66. The molecule has 0 radical (unpaired) electrons. The van der Waals surface area contributed by atoms with Gasteiger partial charge < -0.3 is 5.32 Å². The van der Waals surface area contributed by atoms with Gasteiger partial charge in [-0.15, -0.1) is 5.10 Å². The second-order valence-corrected chi connectivity index (χ2v) is 5.07. The molecule has 0 unspecified atom stereocenters.